The van der Waals surface area contributed by atoms with Gasteiger partial charge in [-0.25, -0.2) is 9.98 Å². The molecule has 1 unspecified atom stereocenters. The van der Waals surface area contributed by atoms with Crippen molar-refractivity contribution in [2.45, 2.75) is 5.25 Å². The lowest BCUT2D eigenvalue weighted by Crippen LogP contribution is -2.37. The van der Waals surface area contributed by atoms with Gasteiger partial charge in [0.1, 0.15) is 5.84 Å². The Balaban J connectivity index is 1.88. The molecule has 0 amide bonds. The predicted molar refractivity (Wildman–Crippen MR) is 95.2 cm³/mol. The van der Waals surface area contributed by atoms with Crippen LogP contribution in [0.25, 0.3) is 0 Å². The molecular formula is C15H20N4S2. The zero-order chi connectivity index (χ0) is 14.5. The Labute approximate surface area is 134 Å². The maximum Gasteiger partial charge on any atom is 0.165 e. The van der Waals surface area contributed by atoms with E-state index < -0.39 is 0 Å². The molecule has 6 heteroatoms. The quantitative estimate of drug-likeness (QED) is 0.671. The van der Waals surface area contributed by atoms with E-state index in [-0.39, 0.29) is 0 Å². The molecular weight excluding hydrogens is 300 g/mol. The van der Waals surface area contributed by atoms with Crippen molar-refractivity contribution >= 4 is 40.2 Å². The van der Waals surface area contributed by atoms with Gasteiger partial charge in [0.25, 0.3) is 0 Å². The molecule has 4 nitrogen and oxygen atoms in total. The van der Waals surface area contributed by atoms with Gasteiger partial charge in [-0.1, -0.05) is 30.0 Å². The van der Waals surface area contributed by atoms with E-state index in [2.05, 4.69) is 17.3 Å². The number of amidine groups is 2. The number of nitrogens with one attached hydrogen (secondary N) is 1. The minimum atomic E-state index is 0.334. The van der Waals surface area contributed by atoms with Crippen molar-refractivity contribution in [2.75, 3.05) is 38.2 Å². The second kappa shape index (κ2) is 7.33. The van der Waals surface area contributed by atoms with Gasteiger partial charge in [0, 0.05) is 38.2 Å². The molecule has 0 spiro atoms. The van der Waals surface area contributed by atoms with Gasteiger partial charge in [-0.3, -0.25) is 0 Å². The van der Waals surface area contributed by atoms with E-state index in [1.54, 1.807) is 0 Å². The van der Waals surface area contributed by atoms with E-state index in [0.29, 0.717) is 5.25 Å². The van der Waals surface area contributed by atoms with E-state index in [9.17, 15) is 0 Å². The van der Waals surface area contributed by atoms with Gasteiger partial charge < -0.3 is 10.2 Å². The summed E-state index contributed by atoms with van der Waals surface area (Å²) in [6.45, 7) is 3.09. The number of rotatable bonds is 2. The van der Waals surface area contributed by atoms with E-state index >= 15 is 0 Å². The van der Waals surface area contributed by atoms with Gasteiger partial charge in [-0.2, -0.15) is 0 Å². The maximum absolute atomic E-state index is 4.87. The van der Waals surface area contributed by atoms with Crippen molar-refractivity contribution in [2.24, 2.45) is 9.98 Å². The Morgan fingerprint density at radius 1 is 1.29 bits per heavy atom. The third-order valence-corrected chi connectivity index (χ3v) is 5.68. The van der Waals surface area contributed by atoms with Crippen LogP contribution >= 0.6 is 23.5 Å². The van der Waals surface area contributed by atoms with Crippen molar-refractivity contribution in [1.82, 2.24) is 10.2 Å². The molecule has 2 fully saturated rings. The van der Waals surface area contributed by atoms with Crippen LogP contribution in [-0.2, 0) is 0 Å². The smallest absolute Gasteiger partial charge is 0.165 e. The Bertz CT molecular complexity index is 524. The molecule has 0 bridgehead atoms. The predicted octanol–water partition coefficient (Wildman–Crippen LogP) is 2.46. The highest BCUT2D eigenvalue weighted by atomic mass is 32.2. The Morgan fingerprint density at radius 3 is 2.81 bits per heavy atom. The van der Waals surface area contributed by atoms with Crippen molar-refractivity contribution in [1.29, 1.82) is 0 Å². The van der Waals surface area contributed by atoms with Gasteiger partial charge in [0.05, 0.1) is 10.9 Å². The zero-order valence-corrected chi connectivity index (χ0v) is 13.8. The van der Waals surface area contributed by atoms with Crippen molar-refractivity contribution < 1.29 is 0 Å². The fourth-order valence-corrected chi connectivity index (χ4v) is 4.28. The van der Waals surface area contributed by atoms with Crippen molar-refractivity contribution in [3.63, 3.8) is 0 Å². The van der Waals surface area contributed by atoms with Crippen LogP contribution in [0.5, 0.6) is 0 Å². The van der Waals surface area contributed by atoms with E-state index in [1.165, 1.54) is 0 Å². The molecule has 112 valence electrons. The van der Waals surface area contributed by atoms with Crippen LogP contribution in [0.2, 0.25) is 0 Å². The minimum Gasteiger partial charge on any atom is -0.353 e. The second-order valence-electron chi connectivity index (χ2n) is 5.03. The summed E-state index contributed by atoms with van der Waals surface area (Å²) in [7, 11) is 2.10. The summed E-state index contributed by atoms with van der Waals surface area (Å²) in [4.78, 5) is 11.9. The van der Waals surface area contributed by atoms with Gasteiger partial charge in [0.15, 0.2) is 5.17 Å². The highest BCUT2D eigenvalue weighted by Crippen LogP contribution is 2.23. The molecule has 1 aromatic carbocycles. The Kier molecular flexibility index (Phi) is 5.22. The molecule has 2 heterocycles. The average molecular weight is 320 g/mol. The lowest BCUT2D eigenvalue weighted by Gasteiger charge is -2.22. The third kappa shape index (κ3) is 4.02. The molecule has 3 rings (SSSR count). The summed E-state index contributed by atoms with van der Waals surface area (Å²) in [6.07, 6.45) is 0. The second-order valence-corrected chi connectivity index (χ2v) is 7.41. The third-order valence-electron chi connectivity index (χ3n) is 3.41. The van der Waals surface area contributed by atoms with Crippen molar-refractivity contribution in [3.8, 4) is 0 Å². The molecule has 0 radical (unpaired) electrons. The highest BCUT2D eigenvalue weighted by molar-refractivity contribution is 8.14. The fourth-order valence-electron chi connectivity index (χ4n) is 2.23. The normalized spacial score (nSPS) is 25.6. The summed E-state index contributed by atoms with van der Waals surface area (Å²) in [5, 5.41) is 4.87. The lowest BCUT2D eigenvalue weighted by atomic mass is 10.3. The summed E-state index contributed by atoms with van der Waals surface area (Å²) in [5.74, 6) is 3.17. The molecule has 2 aliphatic heterocycles. The number of hydrogen-bond donors (Lipinski definition) is 1. The van der Waals surface area contributed by atoms with Crippen LogP contribution in [0.15, 0.2) is 40.3 Å². The number of para-hydroxylation sites is 1. The van der Waals surface area contributed by atoms with E-state index in [0.717, 1.165) is 47.8 Å². The van der Waals surface area contributed by atoms with Gasteiger partial charge in [-0.15, -0.1) is 11.8 Å². The Morgan fingerprint density at radius 2 is 2.14 bits per heavy atom. The van der Waals surface area contributed by atoms with E-state index in [4.69, 9.17) is 9.98 Å². The lowest BCUT2D eigenvalue weighted by molar-refractivity contribution is 0.564. The van der Waals surface area contributed by atoms with Gasteiger partial charge >= 0.3 is 0 Å². The van der Waals surface area contributed by atoms with Crippen molar-refractivity contribution in [3.05, 3.63) is 30.3 Å². The molecule has 0 aromatic heterocycles. The highest BCUT2D eigenvalue weighted by Gasteiger charge is 2.23. The van der Waals surface area contributed by atoms with Crippen LogP contribution in [0.1, 0.15) is 0 Å². The molecule has 1 N–H and O–H groups in total. The fraction of sp³-hybridized carbons (Fsp3) is 0.467. The molecule has 2 saturated heterocycles. The number of nitrogens with zero attached hydrogens (tertiary/aromatic N) is 3. The van der Waals surface area contributed by atoms with Crippen LogP contribution in [0.4, 0.5) is 5.69 Å². The molecule has 1 aromatic rings. The Hall–Kier alpha value is -0.980. The average Bonchev–Trinajstić information content (AvgIpc) is 2.94. The monoisotopic (exact) mass is 320 g/mol. The largest absolute Gasteiger partial charge is 0.353 e. The number of benzene rings is 1. The number of hydrogen-bond acceptors (Lipinski definition) is 4. The first-order valence-corrected chi connectivity index (χ1v) is 9.25. The SMILES string of the molecule is CN1CCS/C1=N/C(=N/c1ccccc1)C1CNCCS1. The summed E-state index contributed by atoms with van der Waals surface area (Å²) >= 11 is 3.77. The number of thioether (sulfide) groups is 2. The van der Waals surface area contributed by atoms with Crippen LogP contribution in [0.3, 0.4) is 0 Å². The molecule has 1 atom stereocenters. The molecule has 0 saturated carbocycles. The first kappa shape index (κ1) is 14.9. The number of aliphatic imine (C=N–C) groups is 2. The standard InChI is InChI=1S/C15H20N4S2/c1-19-8-10-21-15(19)18-14(13-11-16-7-9-20-13)17-12-5-3-2-4-6-12/h2-6,13,16H,7-11H2,1H3/b17-14+,18-15+. The molecule has 2 aliphatic rings. The van der Waals surface area contributed by atoms with Gasteiger partial charge in [0.2, 0.25) is 0 Å². The summed E-state index contributed by atoms with van der Waals surface area (Å²) in [6, 6.07) is 10.1. The summed E-state index contributed by atoms with van der Waals surface area (Å²) < 4.78 is 0. The van der Waals surface area contributed by atoms with E-state index in [1.807, 2.05) is 53.9 Å². The van der Waals surface area contributed by atoms with Crippen LogP contribution < -0.4 is 5.32 Å². The topological polar surface area (TPSA) is 40.0 Å². The summed E-state index contributed by atoms with van der Waals surface area (Å²) in [5.41, 5.74) is 0.980. The van der Waals surface area contributed by atoms with Gasteiger partial charge in [-0.05, 0) is 12.1 Å². The van der Waals surface area contributed by atoms with Crippen LogP contribution in [-0.4, -0.2) is 59.3 Å². The van der Waals surface area contributed by atoms with Crippen LogP contribution in [0, 0.1) is 0 Å². The minimum absolute atomic E-state index is 0.334. The first-order chi connectivity index (χ1) is 10.3. The zero-order valence-electron chi connectivity index (χ0n) is 12.2. The maximum atomic E-state index is 4.87. The molecule has 21 heavy (non-hydrogen) atoms. The first-order valence-electron chi connectivity index (χ1n) is 7.21. The molecule has 0 aliphatic carbocycles.